The van der Waals surface area contributed by atoms with E-state index >= 15 is 0 Å². The Morgan fingerprint density at radius 1 is 0.769 bits per heavy atom. The second kappa shape index (κ2) is 26.3. The van der Waals surface area contributed by atoms with Crippen molar-refractivity contribution >= 4 is 40.3 Å². The predicted octanol–water partition coefficient (Wildman–Crippen LogP) is 9.58. The van der Waals surface area contributed by atoms with Crippen LogP contribution in [-0.4, -0.2) is 120 Å². The smallest absolute Gasteiger partial charge is 0.333 e. The summed E-state index contributed by atoms with van der Waals surface area (Å²) in [4.78, 5) is 52.1. The molecule has 0 aromatic rings. The average molecular weight is 955 g/mol. The Labute approximate surface area is 393 Å². The molecule has 2 fully saturated rings. The molecule has 0 aliphatic carbocycles. The number of aliphatic hydroxyl groups is 1. The van der Waals surface area contributed by atoms with Crippen LogP contribution in [0.5, 0.6) is 0 Å². The van der Waals surface area contributed by atoms with E-state index in [-0.39, 0.29) is 34.8 Å². The average Bonchev–Trinajstić information content (AvgIpc) is 3.20. The van der Waals surface area contributed by atoms with E-state index in [4.69, 9.17) is 42.0 Å². The van der Waals surface area contributed by atoms with E-state index in [9.17, 15) is 24.3 Å². The third-order valence-corrected chi connectivity index (χ3v) is 22.1. The number of Topliss-reactive ketones (excluding diaryl/α,β-unsaturated/α-hetero) is 1. The van der Waals surface area contributed by atoms with Crippen LogP contribution in [0.2, 0.25) is 36.3 Å². The molecule has 0 saturated carbocycles. The van der Waals surface area contributed by atoms with Gasteiger partial charge < -0.3 is 47.1 Å². The highest BCUT2D eigenvalue weighted by atomic mass is 28.4. The summed E-state index contributed by atoms with van der Waals surface area (Å²) in [6.07, 6.45) is -1.39. The van der Waals surface area contributed by atoms with Gasteiger partial charge in [-0.25, -0.2) is 4.79 Å². The summed E-state index contributed by atoms with van der Waals surface area (Å²) in [6.45, 7) is 36.5. The highest BCUT2D eigenvalue weighted by molar-refractivity contribution is 6.74. The largest absolute Gasteiger partial charge is 0.463 e. The number of ether oxygens (including phenoxy) is 7. The van der Waals surface area contributed by atoms with Crippen LogP contribution in [0.15, 0.2) is 37.0 Å². The zero-order valence-corrected chi connectivity index (χ0v) is 44.5. The van der Waals surface area contributed by atoms with E-state index in [1.54, 1.807) is 39.0 Å². The highest BCUT2D eigenvalue weighted by Gasteiger charge is 2.58. The standard InChI is InChI=1S/C49H86O14Si2/c1-18-22-24-27-35(51)29-30-38(52)55-31-37-39(53)41(60-45(54)32(5)21-4)44(63-65(16,17)49(11,12)13)47(59-37)61-43-42(62-64(14,15)48(8,9)10)40(57-34(7)50)33(6)56-46(43)58-36(26-20-3)28-25-23-19-2/h18,20-21,33,36-37,39-44,46-47,53H,1,3,19,22-31H2,2,4-17H3/b32-21+/t33-,36-,37-,39-,40+,41+,42+,43-,44-,46+,47+/m1/s1. The molecule has 2 heterocycles. The lowest BCUT2D eigenvalue weighted by Crippen LogP contribution is -2.68. The minimum Gasteiger partial charge on any atom is -0.463 e. The van der Waals surface area contributed by atoms with Crippen LogP contribution >= 0.6 is 0 Å². The van der Waals surface area contributed by atoms with Crippen molar-refractivity contribution in [3.8, 4) is 0 Å². The van der Waals surface area contributed by atoms with Crippen molar-refractivity contribution in [2.45, 2.75) is 244 Å². The van der Waals surface area contributed by atoms with Crippen LogP contribution in [0.25, 0.3) is 0 Å². The number of carbonyl (C=O) groups excluding carboxylic acids is 4. The van der Waals surface area contributed by atoms with Gasteiger partial charge in [-0.05, 0) is 82.7 Å². The van der Waals surface area contributed by atoms with Crippen LogP contribution in [0.3, 0.4) is 0 Å². The van der Waals surface area contributed by atoms with E-state index in [1.165, 1.54) is 6.92 Å². The van der Waals surface area contributed by atoms with Crippen LogP contribution in [0.4, 0.5) is 0 Å². The van der Waals surface area contributed by atoms with Crippen molar-refractivity contribution in [1.82, 2.24) is 0 Å². The first-order valence-corrected chi connectivity index (χ1v) is 29.5. The van der Waals surface area contributed by atoms with Gasteiger partial charge in [-0.3, -0.25) is 14.4 Å². The van der Waals surface area contributed by atoms with Gasteiger partial charge in [-0.1, -0.05) is 86.0 Å². The maximum absolute atomic E-state index is 13.7. The first-order valence-electron chi connectivity index (χ1n) is 23.7. The summed E-state index contributed by atoms with van der Waals surface area (Å²) in [5.41, 5.74) is 0.291. The number of hydrogen-bond donors (Lipinski definition) is 1. The molecule has 2 rings (SSSR count). The number of aliphatic hydroxyl groups excluding tert-OH is 1. The summed E-state index contributed by atoms with van der Waals surface area (Å²) >= 11 is 0. The molecule has 0 amide bonds. The maximum Gasteiger partial charge on any atom is 0.333 e. The van der Waals surface area contributed by atoms with Gasteiger partial charge >= 0.3 is 17.9 Å². The second-order valence-electron chi connectivity index (χ2n) is 20.6. The minimum atomic E-state index is -2.82. The molecule has 16 heteroatoms. The number of esters is 3. The number of hydrogen-bond acceptors (Lipinski definition) is 14. The predicted molar refractivity (Wildman–Crippen MR) is 256 cm³/mol. The monoisotopic (exact) mass is 955 g/mol. The van der Waals surface area contributed by atoms with Gasteiger partial charge in [0.2, 0.25) is 0 Å². The second-order valence-corrected chi connectivity index (χ2v) is 30.1. The van der Waals surface area contributed by atoms with E-state index in [1.807, 2.05) is 13.1 Å². The molecule has 1 N–H and O–H groups in total. The molecule has 0 unspecified atom stereocenters. The van der Waals surface area contributed by atoms with Crippen LogP contribution in [0, 0.1) is 0 Å². The Hall–Kier alpha value is -2.55. The fraction of sp³-hybridized carbons (Fsp3) is 0.796. The van der Waals surface area contributed by atoms with Gasteiger partial charge in [0.15, 0.2) is 41.4 Å². The third-order valence-electron chi connectivity index (χ3n) is 13.2. The van der Waals surface area contributed by atoms with Crippen molar-refractivity contribution in [2.24, 2.45) is 0 Å². The van der Waals surface area contributed by atoms with E-state index < -0.39 is 103 Å². The van der Waals surface area contributed by atoms with Gasteiger partial charge in [0, 0.05) is 25.3 Å². The molecule has 0 aromatic heterocycles. The van der Waals surface area contributed by atoms with Crippen LogP contribution in [0.1, 0.15) is 140 Å². The lowest BCUT2D eigenvalue weighted by molar-refractivity contribution is -0.366. The topological polar surface area (TPSA) is 172 Å². The summed E-state index contributed by atoms with van der Waals surface area (Å²) in [5.74, 6) is -1.98. The Morgan fingerprint density at radius 3 is 1.92 bits per heavy atom. The number of unbranched alkanes of at least 4 members (excludes halogenated alkanes) is 3. The molecule has 2 saturated heterocycles. The van der Waals surface area contributed by atoms with Crippen molar-refractivity contribution in [2.75, 3.05) is 6.61 Å². The molecule has 374 valence electrons. The normalized spacial score (nSPS) is 27.4. The molecule has 2 aliphatic heterocycles. The van der Waals surface area contributed by atoms with Gasteiger partial charge in [-0.2, -0.15) is 0 Å². The fourth-order valence-corrected chi connectivity index (χ4v) is 9.51. The number of carbonyl (C=O) groups is 4. The van der Waals surface area contributed by atoms with Gasteiger partial charge in [-0.15, -0.1) is 13.2 Å². The minimum absolute atomic E-state index is 0.00696. The SMILES string of the molecule is C=CCCCC(=O)CCC(=O)OC[C@H]1O[C@@H](O[C@H]2[C@H](O[C@H](CC=C)CCCCC)O[C@H](C)[C@H](OC(C)=O)[C@@H]2O[Si](C)(C)C(C)(C)C)[C@H](O[Si](C)(C)C(C)(C)C)[C@@H](OC(=O)/C(C)=C/C)[C@@H]1O. The van der Waals surface area contributed by atoms with Crippen molar-refractivity contribution in [3.63, 3.8) is 0 Å². The molecule has 0 radical (unpaired) electrons. The summed E-state index contributed by atoms with van der Waals surface area (Å²) in [5, 5.41) is 11.5. The van der Waals surface area contributed by atoms with E-state index in [0.717, 1.165) is 19.3 Å². The highest BCUT2D eigenvalue weighted by Crippen LogP contribution is 2.44. The van der Waals surface area contributed by atoms with Crippen molar-refractivity contribution in [1.29, 1.82) is 0 Å². The maximum atomic E-state index is 13.7. The summed E-state index contributed by atoms with van der Waals surface area (Å²) < 4.78 is 59.4. The first-order chi connectivity index (χ1) is 30.1. The third kappa shape index (κ3) is 17.8. The fourth-order valence-electron chi connectivity index (χ4n) is 6.93. The first kappa shape index (κ1) is 58.6. The number of rotatable bonds is 26. The Balaban J connectivity index is 2.87. The van der Waals surface area contributed by atoms with Crippen molar-refractivity contribution < 1.29 is 66.3 Å². The zero-order chi connectivity index (χ0) is 49.5. The van der Waals surface area contributed by atoms with E-state index in [0.29, 0.717) is 37.7 Å². The molecule has 11 atom stereocenters. The molecule has 0 spiro atoms. The van der Waals surface area contributed by atoms with Gasteiger partial charge in [0.1, 0.15) is 42.9 Å². The molecule has 14 nitrogen and oxygen atoms in total. The Kier molecular flexibility index (Phi) is 23.7. The number of allylic oxidation sites excluding steroid dienone is 2. The Bertz CT molecular complexity index is 1580. The summed E-state index contributed by atoms with van der Waals surface area (Å²) in [7, 11) is -5.52. The molecule has 0 aromatic carbocycles. The molecule has 2 aliphatic rings. The van der Waals surface area contributed by atoms with Gasteiger partial charge in [0.05, 0.1) is 18.6 Å². The number of ketones is 1. The molecular formula is C49H86O14Si2. The zero-order valence-electron chi connectivity index (χ0n) is 42.5. The lowest BCUT2D eigenvalue weighted by Gasteiger charge is -2.52. The Morgan fingerprint density at radius 2 is 1.38 bits per heavy atom. The van der Waals surface area contributed by atoms with Crippen molar-refractivity contribution in [3.05, 3.63) is 37.0 Å². The summed E-state index contributed by atoms with van der Waals surface area (Å²) in [6, 6.07) is 0. The lowest BCUT2D eigenvalue weighted by atomic mass is 9.97. The van der Waals surface area contributed by atoms with Crippen LogP contribution < -0.4 is 0 Å². The quantitative estimate of drug-likeness (QED) is 0.0217. The van der Waals surface area contributed by atoms with E-state index in [2.05, 4.69) is 74.7 Å². The molecule has 65 heavy (non-hydrogen) atoms. The molecule has 0 bridgehead atoms. The van der Waals surface area contributed by atoms with Crippen LogP contribution in [-0.2, 0) is 61.2 Å². The van der Waals surface area contributed by atoms with Gasteiger partial charge in [0.25, 0.3) is 0 Å². The molecular weight excluding hydrogens is 869 g/mol.